The van der Waals surface area contributed by atoms with Crippen LogP contribution in [0, 0.1) is 0 Å². The standard InChI is InChI=1S/C15H20ClN3O2/c1-3-8-17-9-11-12(16)6-5-7-13(11)20-10-14-18-15(4-2)21-19-14/h5-7,17H,3-4,8-10H2,1-2H3. The number of hydrogen-bond acceptors (Lipinski definition) is 5. The maximum absolute atomic E-state index is 6.25. The van der Waals surface area contributed by atoms with Gasteiger partial charge < -0.3 is 14.6 Å². The van der Waals surface area contributed by atoms with E-state index in [2.05, 4.69) is 22.4 Å². The van der Waals surface area contributed by atoms with Crippen molar-refractivity contribution in [3.63, 3.8) is 0 Å². The monoisotopic (exact) mass is 309 g/mol. The first-order valence-corrected chi connectivity index (χ1v) is 7.54. The summed E-state index contributed by atoms with van der Waals surface area (Å²) >= 11 is 6.25. The third kappa shape index (κ3) is 4.44. The maximum atomic E-state index is 6.25. The first-order chi connectivity index (χ1) is 10.2. The van der Waals surface area contributed by atoms with Gasteiger partial charge >= 0.3 is 0 Å². The quantitative estimate of drug-likeness (QED) is 0.758. The number of aromatic nitrogens is 2. The summed E-state index contributed by atoms with van der Waals surface area (Å²) in [5.41, 5.74) is 0.951. The van der Waals surface area contributed by atoms with E-state index in [0.29, 0.717) is 23.3 Å². The van der Waals surface area contributed by atoms with Gasteiger partial charge in [0.1, 0.15) is 5.75 Å². The lowest BCUT2D eigenvalue weighted by Gasteiger charge is -2.12. The first-order valence-electron chi connectivity index (χ1n) is 7.17. The van der Waals surface area contributed by atoms with Gasteiger partial charge in [0.15, 0.2) is 6.61 Å². The second kappa shape index (κ2) is 8.00. The number of hydrogen-bond donors (Lipinski definition) is 1. The fourth-order valence-electron chi connectivity index (χ4n) is 1.87. The van der Waals surface area contributed by atoms with E-state index in [0.717, 1.165) is 30.7 Å². The van der Waals surface area contributed by atoms with Crippen molar-refractivity contribution in [1.82, 2.24) is 15.5 Å². The van der Waals surface area contributed by atoms with Crippen LogP contribution in [0.4, 0.5) is 0 Å². The Labute approximate surface area is 129 Å². The summed E-state index contributed by atoms with van der Waals surface area (Å²) in [6, 6.07) is 5.63. The van der Waals surface area contributed by atoms with Gasteiger partial charge in [-0.25, -0.2) is 0 Å². The second-order valence-corrected chi connectivity index (χ2v) is 5.05. The van der Waals surface area contributed by atoms with Crippen LogP contribution < -0.4 is 10.1 Å². The van der Waals surface area contributed by atoms with E-state index in [1.165, 1.54) is 0 Å². The van der Waals surface area contributed by atoms with Crippen LogP contribution in [0.1, 0.15) is 37.5 Å². The zero-order chi connectivity index (χ0) is 15.1. The molecule has 2 rings (SSSR count). The summed E-state index contributed by atoms with van der Waals surface area (Å²) in [4.78, 5) is 4.22. The minimum Gasteiger partial charge on any atom is -0.485 e. The van der Waals surface area contributed by atoms with Gasteiger partial charge in [0.05, 0.1) is 0 Å². The van der Waals surface area contributed by atoms with E-state index >= 15 is 0 Å². The molecule has 1 N–H and O–H groups in total. The van der Waals surface area contributed by atoms with Crippen molar-refractivity contribution in [1.29, 1.82) is 0 Å². The molecule has 5 nitrogen and oxygen atoms in total. The summed E-state index contributed by atoms with van der Waals surface area (Å²) in [7, 11) is 0. The van der Waals surface area contributed by atoms with Crippen LogP contribution in [0.3, 0.4) is 0 Å². The SMILES string of the molecule is CCCNCc1c(Cl)cccc1OCc1noc(CC)n1. The molecule has 0 saturated carbocycles. The highest BCUT2D eigenvalue weighted by molar-refractivity contribution is 6.31. The molecule has 2 aromatic rings. The van der Waals surface area contributed by atoms with E-state index in [1.807, 2.05) is 25.1 Å². The van der Waals surface area contributed by atoms with Crippen LogP contribution in [0.2, 0.25) is 5.02 Å². The molecule has 0 radical (unpaired) electrons. The molecule has 1 aromatic heterocycles. The molecule has 0 bridgehead atoms. The van der Waals surface area contributed by atoms with Crippen LogP contribution in [0.5, 0.6) is 5.75 Å². The molecule has 6 heteroatoms. The normalized spacial score (nSPS) is 10.8. The fraction of sp³-hybridized carbons (Fsp3) is 0.467. The molecule has 21 heavy (non-hydrogen) atoms. The number of ether oxygens (including phenoxy) is 1. The highest BCUT2D eigenvalue weighted by Crippen LogP contribution is 2.26. The van der Waals surface area contributed by atoms with E-state index in [4.69, 9.17) is 20.9 Å². The zero-order valence-corrected chi connectivity index (χ0v) is 13.1. The molecule has 0 aliphatic heterocycles. The molecule has 0 fully saturated rings. The van der Waals surface area contributed by atoms with E-state index in [9.17, 15) is 0 Å². The predicted octanol–water partition coefficient (Wildman–Crippen LogP) is 3.36. The first kappa shape index (κ1) is 15.8. The van der Waals surface area contributed by atoms with Gasteiger partial charge in [-0.3, -0.25) is 0 Å². The lowest BCUT2D eigenvalue weighted by molar-refractivity contribution is 0.282. The lowest BCUT2D eigenvalue weighted by atomic mass is 10.2. The fourth-order valence-corrected chi connectivity index (χ4v) is 2.10. The number of halogens is 1. The lowest BCUT2D eigenvalue weighted by Crippen LogP contribution is -2.15. The van der Waals surface area contributed by atoms with Gasteiger partial charge in [-0.05, 0) is 25.1 Å². The number of aryl methyl sites for hydroxylation is 1. The number of rotatable bonds is 8. The van der Waals surface area contributed by atoms with Crippen LogP contribution in [-0.2, 0) is 19.6 Å². The highest BCUT2D eigenvalue weighted by Gasteiger charge is 2.10. The maximum Gasteiger partial charge on any atom is 0.226 e. The van der Waals surface area contributed by atoms with Crippen molar-refractivity contribution in [2.45, 2.75) is 39.8 Å². The molecule has 0 aliphatic carbocycles. The Balaban J connectivity index is 2.02. The molecular weight excluding hydrogens is 290 g/mol. The zero-order valence-electron chi connectivity index (χ0n) is 12.4. The third-order valence-electron chi connectivity index (χ3n) is 2.97. The van der Waals surface area contributed by atoms with Crippen LogP contribution in [-0.4, -0.2) is 16.7 Å². The van der Waals surface area contributed by atoms with E-state index in [1.54, 1.807) is 0 Å². The molecule has 1 aromatic carbocycles. The van der Waals surface area contributed by atoms with Crippen molar-refractivity contribution < 1.29 is 9.26 Å². The summed E-state index contributed by atoms with van der Waals surface area (Å²) in [5.74, 6) is 1.90. The Morgan fingerprint density at radius 1 is 1.33 bits per heavy atom. The summed E-state index contributed by atoms with van der Waals surface area (Å²) in [5, 5.41) is 7.89. The summed E-state index contributed by atoms with van der Waals surface area (Å²) in [6.07, 6.45) is 1.79. The molecule has 0 unspecified atom stereocenters. The van der Waals surface area contributed by atoms with Crippen LogP contribution in [0.15, 0.2) is 22.7 Å². The Morgan fingerprint density at radius 3 is 2.90 bits per heavy atom. The molecular formula is C15H20ClN3O2. The predicted molar refractivity (Wildman–Crippen MR) is 81.5 cm³/mol. The van der Waals surface area contributed by atoms with Gasteiger partial charge in [-0.2, -0.15) is 4.98 Å². The molecule has 0 spiro atoms. The Morgan fingerprint density at radius 2 is 2.19 bits per heavy atom. The minimum absolute atomic E-state index is 0.268. The molecule has 0 amide bonds. The number of benzene rings is 1. The molecule has 114 valence electrons. The average Bonchev–Trinajstić information content (AvgIpc) is 2.95. The second-order valence-electron chi connectivity index (χ2n) is 4.64. The van der Waals surface area contributed by atoms with Crippen LogP contribution >= 0.6 is 11.6 Å². The van der Waals surface area contributed by atoms with Gasteiger partial charge in [-0.1, -0.05) is 36.7 Å². The highest BCUT2D eigenvalue weighted by atomic mass is 35.5. The van der Waals surface area contributed by atoms with Gasteiger partial charge in [0, 0.05) is 23.6 Å². The van der Waals surface area contributed by atoms with Gasteiger partial charge in [0.2, 0.25) is 11.7 Å². The molecule has 1 heterocycles. The molecule has 0 atom stereocenters. The Hall–Kier alpha value is -1.59. The Bertz CT molecular complexity index is 572. The van der Waals surface area contributed by atoms with Crippen molar-refractivity contribution in [3.8, 4) is 5.75 Å². The Kier molecular flexibility index (Phi) is 6.02. The third-order valence-corrected chi connectivity index (χ3v) is 3.33. The van der Waals surface area contributed by atoms with Gasteiger partial charge in [0.25, 0.3) is 0 Å². The van der Waals surface area contributed by atoms with Crippen LogP contribution in [0.25, 0.3) is 0 Å². The smallest absolute Gasteiger partial charge is 0.226 e. The van der Waals surface area contributed by atoms with E-state index < -0.39 is 0 Å². The average molecular weight is 310 g/mol. The van der Waals surface area contributed by atoms with Crippen molar-refractivity contribution in [3.05, 3.63) is 40.5 Å². The van der Waals surface area contributed by atoms with E-state index in [-0.39, 0.29) is 6.61 Å². The van der Waals surface area contributed by atoms with Crippen molar-refractivity contribution in [2.24, 2.45) is 0 Å². The minimum atomic E-state index is 0.268. The largest absolute Gasteiger partial charge is 0.485 e. The number of nitrogens with one attached hydrogen (secondary N) is 1. The van der Waals surface area contributed by atoms with Crippen molar-refractivity contribution >= 4 is 11.6 Å². The summed E-state index contributed by atoms with van der Waals surface area (Å²) in [6.45, 7) is 5.97. The molecule has 0 saturated heterocycles. The summed E-state index contributed by atoms with van der Waals surface area (Å²) < 4.78 is 10.8. The molecule has 0 aliphatic rings. The van der Waals surface area contributed by atoms with Gasteiger partial charge in [-0.15, -0.1) is 0 Å². The topological polar surface area (TPSA) is 60.2 Å². The number of nitrogens with zero attached hydrogens (tertiary/aromatic N) is 2. The van der Waals surface area contributed by atoms with Crippen molar-refractivity contribution in [2.75, 3.05) is 6.54 Å².